The first-order chi connectivity index (χ1) is 8.78. The van der Waals surface area contributed by atoms with Crippen molar-refractivity contribution in [3.05, 3.63) is 0 Å². The maximum Gasteiger partial charge on any atom is 0.502 e. The third-order valence-electron chi connectivity index (χ3n) is 1.92. The number of hydrogen-bond acceptors (Lipinski definition) is 7. The molecular formula is C9H22O7S2Si. The average molecular weight is 334 g/mol. The largest absolute Gasteiger partial charge is 0.502 e. The summed E-state index contributed by atoms with van der Waals surface area (Å²) in [7, 11) is -7.29. The van der Waals surface area contributed by atoms with Crippen LogP contribution in [-0.4, -0.2) is 46.8 Å². The zero-order valence-corrected chi connectivity index (χ0v) is 14.3. The molecule has 0 aromatic rings. The molecule has 1 N–H and O–H groups in total. The second-order valence-corrected chi connectivity index (χ2v) is 8.63. The highest BCUT2D eigenvalue weighted by Gasteiger charge is 2.42. The van der Waals surface area contributed by atoms with Crippen molar-refractivity contribution in [1.29, 1.82) is 0 Å². The molecule has 7 nitrogen and oxygen atoms in total. The van der Waals surface area contributed by atoms with E-state index in [0.29, 0.717) is 37.9 Å². The van der Waals surface area contributed by atoms with Gasteiger partial charge in [-0.3, -0.25) is 4.55 Å². The molecule has 0 rings (SSSR count). The molecule has 0 saturated heterocycles. The first-order valence-corrected chi connectivity index (χ1v) is 10.1. The normalized spacial score (nSPS) is 14.6. The predicted molar refractivity (Wildman–Crippen MR) is 75.1 cm³/mol. The maximum absolute atomic E-state index is 10.5. The quantitative estimate of drug-likeness (QED) is 0.348. The van der Waals surface area contributed by atoms with Crippen molar-refractivity contribution in [3.8, 4) is 0 Å². The van der Waals surface area contributed by atoms with Gasteiger partial charge in [-0.1, -0.05) is 6.92 Å². The van der Waals surface area contributed by atoms with Crippen LogP contribution in [0.1, 0.15) is 27.7 Å². The summed E-state index contributed by atoms with van der Waals surface area (Å²) in [6.07, 6.45) is 0. The minimum absolute atomic E-state index is 0.266. The zero-order valence-electron chi connectivity index (χ0n) is 11.6. The topological polar surface area (TPSA) is 91.3 Å². The van der Waals surface area contributed by atoms with Crippen LogP contribution in [0.2, 0.25) is 6.04 Å². The standard InChI is InChI=1S/C9H22O7S2Si/c1-5-13-19(14-6-2,15-7-3)8-9(4)17-16-18(10,11)12/h9H,5-8H2,1-4H3,(H,10,11,12). The molecule has 0 aromatic heterocycles. The Labute approximate surface area is 120 Å². The van der Waals surface area contributed by atoms with E-state index in [1.807, 2.05) is 20.8 Å². The summed E-state index contributed by atoms with van der Waals surface area (Å²) in [5.41, 5.74) is 0. The summed E-state index contributed by atoms with van der Waals surface area (Å²) in [5.74, 6) is 0. The minimum Gasteiger partial charge on any atom is -0.374 e. The van der Waals surface area contributed by atoms with E-state index in [-0.39, 0.29) is 5.25 Å². The van der Waals surface area contributed by atoms with Crippen LogP contribution in [0.25, 0.3) is 0 Å². The Morgan fingerprint density at radius 1 is 1.11 bits per heavy atom. The van der Waals surface area contributed by atoms with Gasteiger partial charge in [-0.25, -0.2) is 0 Å². The molecule has 19 heavy (non-hydrogen) atoms. The van der Waals surface area contributed by atoms with E-state index in [1.165, 1.54) is 0 Å². The van der Waals surface area contributed by atoms with E-state index >= 15 is 0 Å². The van der Waals surface area contributed by atoms with Crippen LogP contribution in [0.5, 0.6) is 0 Å². The SMILES string of the molecule is CCO[Si](CC(C)SOS(=O)(=O)O)(OCC)OCC. The summed E-state index contributed by atoms with van der Waals surface area (Å²) in [6.45, 7) is 8.60. The van der Waals surface area contributed by atoms with Crippen LogP contribution in [0, 0.1) is 0 Å². The summed E-state index contributed by atoms with van der Waals surface area (Å²) in [4.78, 5) is 0. The smallest absolute Gasteiger partial charge is 0.374 e. The van der Waals surface area contributed by atoms with Crippen molar-refractivity contribution >= 4 is 31.2 Å². The first-order valence-electron chi connectivity index (χ1n) is 6.02. The monoisotopic (exact) mass is 334 g/mol. The van der Waals surface area contributed by atoms with E-state index < -0.39 is 19.2 Å². The van der Waals surface area contributed by atoms with Crippen molar-refractivity contribution < 1.29 is 29.9 Å². The third-order valence-corrected chi connectivity index (χ3v) is 7.01. The van der Waals surface area contributed by atoms with Crippen molar-refractivity contribution in [3.63, 3.8) is 0 Å². The molecule has 0 bridgehead atoms. The van der Waals surface area contributed by atoms with E-state index in [9.17, 15) is 8.42 Å². The van der Waals surface area contributed by atoms with Gasteiger partial charge in [0.1, 0.15) is 0 Å². The van der Waals surface area contributed by atoms with Crippen molar-refractivity contribution in [2.24, 2.45) is 0 Å². The van der Waals surface area contributed by atoms with Crippen molar-refractivity contribution in [2.45, 2.75) is 39.0 Å². The third kappa shape index (κ3) is 8.97. The Bertz CT molecular complexity index is 318. The molecule has 0 heterocycles. The number of rotatable bonds is 11. The molecule has 10 heteroatoms. The Hall–Kier alpha value is 0.317. The fourth-order valence-corrected chi connectivity index (χ4v) is 5.91. The first kappa shape index (κ1) is 19.3. The van der Waals surface area contributed by atoms with Crippen LogP contribution >= 0.6 is 12.0 Å². The lowest BCUT2D eigenvalue weighted by Crippen LogP contribution is -2.47. The van der Waals surface area contributed by atoms with Gasteiger partial charge in [0.15, 0.2) is 0 Å². The van der Waals surface area contributed by atoms with Crippen LogP contribution in [0.3, 0.4) is 0 Å². The Balaban J connectivity index is 4.59. The van der Waals surface area contributed by atoms with E-state index in [2.05, 4.69) is 3.63 Å². The van der Waals surface area contributed by atoms with Gasteiger partial charge < -0.3 is 13.3 Å². The molecule has 1 unspecified atom stereocenters. The van der Waals surface area contributed by atoms with Crippen LogP contribution in [0.15, 0.2) is 0 Å². The van der Waals surface area contributed by atoms with Gasteiger partial charge in [-0.2, -0.15) is 12.0 Å². The van der Waals surface area contributed by atoms with Gasteiger partial charge in [0.25, 0.3) is 0 Å². The summed E-state index contributed by atoms with van der Waals surface area (Å²) >= 11 is 0.645. The van der Waals surface area contributed by atoms with Gasteiger partial charge in [0, 0.05) is 43.2 Å². The molecule has 1 atom stereocenters. The molecule has 0 aliphatic rings. The molecule has 0 amide bonds. The molecular weight excluding hydrogens is 312 g/mol. The Morgan fingerprint density at radius 2 is 1.53 bits per heavy atom. The maximum atomic E-state index is 10.5. The Morgan fingerprint density at radius 3 is 1.84 bits per heavy atom. The second kappa shape index (κ2) is 9.29. The molecule has 0 radical (unpaired) electrons. The van der Waals surface area contributed by atoms with Crippen LogP contribution in [0.4, 0.5) is 0 Å². The van der Waals surface area contributed by atoms with E-state index in [1.54, 1.807) is 6.92 Å². The van der Waals surface area contributed by atoms with Gasteiger partial charge in [-0.15, -0.1) is 0 Å². The lowest BCUT2D eigenvalue weighted by molar-refractivity contribution is 0.0714. The molecule has 116 valence electrons. The highest BCUT2D eigenvalue weighted by Crippen LogP contribution is 2.26. The van der Waals surface area contributed by atoms with Crippen LogP contribution < -0.4 is 0 Å². The second-order valence-electron chi connectivity index (χ2n) is 3.59. The van der Waals surface area contributed by atoms with Crippen LogP contribution in [-0.2, 0) is 27.3 Å². The predicted octanol–water partition coefficient (Wildman–Crippen LogP) is 1.89. The fraction of sp³-hybridized carbons (Fsp3) is 1.00. The highest BCUT2D eigenvalue weighted by molar-refractivity contribution is 8.03. The summed E-state index contributed by atoms with van der Waals surface area (Å²) < 4.78 is 50.7. The molecule has 0 aliphatic heterocycles. The van der Waals surface area contributed by atoms with E-state index in [0.717, 1.165) is 0 Å². The molecule has 0 fully saturated rings. The van der Waals surface area contributed by atoms with Gasteiger partial charge in [-0.05, 0) is 20.8 Å². The molecule has 0 spiro atoms. The minimum atomic E-state index is -4.46. The highest BCUT2D eigenvalue weighted by atomic mass is 32.3. The molecule has 0 aromatic carbocycles. The lowest BCUT2D eigenvalue weighted by atomic mass is 10.6. The van der Waals surface area contributed by atoms with Crippen molar-refractivity contribution in [1.82, 2.24) is 0 Å². The van der Waals surface area contributed by atoms with Crippen molar-refractivity contribution in [2.75, 3.05) is 19.8 Å². The molecule has 0 saturated carbocycles. The molecule has 0 aliphatic carbocycles. The van der Waals surface area contributed by atoms with Gasteiger partial charge in [0.05, 0.1) is 0 Å². The zero-order chi connectivity index (χ0) is 14.9. The number of hydrogen-bond donors (Lipinski definition) is 1. The summed E-state index contributed by atoms with van der Waals surface area (Å²) in [5, 5.41) is -0.266. The lowest BCUT2D eigenvalue weighted by Gasteiger charge is -2.30. The summed E-state index contributed by atoms with van der Waals surface area (Å²) in [6, 6.07) is 0.392. The van der Waals surface area contributed by atoms with Gasteiger partial charge >= 0.3 is 19.2 Å². The fourth-order valence-electron chi connectivity index (χ4n) is 1.46. The average Bonchev–Trinajstić information content (AvgIpc) is 2.26. The van der Waals surface area contributed by atoms with E-state index in [4.69, 9.17) is 17.8 Å². The van der Waals surface area contributed by atoms with Gasteiger partial charge in [0.2, 0.25) is 0 Å². The Kier molecular flexibility index (Phi) is 9.44.